The van der Waals surface area contributed by atoms with Crippen molar-refractivity contribution in [2.24, 2.45) is 4.99 Å². The normalized spacial score (nSPS) is 14.1. The summed E-state index contributed by atoms with van der Waals surface area (Å²) in [5, 5.41) is 9.80. The number of rotatable bonds is 15. The highest BCUT2D eigenvalue weighted by molar-refractivity contribution is 5.99. The highest BCUT2D eigenvalue weighted by Gasteiger charge is 2.20. The molecule has 0 saturated carbocycles. The molecule has 0 aromatic carbocycles. The molecule has 1 aliphatic heterocycles. The van der Waals surface area contributed by atoms with Crippen LogP contribution in [0.25, 0.3) is 17.5 Å². The molecular weight excluding hydrogens is 408 g/mol. The van der Waals surface area contributed by atoms with E-state index >= 15 is 0 Å². The van der Waals surface area contributed by atoms with Crippen molar-refractivity contribution in [2.75, 3.05) is 6.61 Å². The monoisotopic (exact) mass is 446 g/mol. The van der Waals surface area contributed by atoms with E-state index in [1.807, 2.05) is 30.5 Å². The molecule has 3 heterocycles. The number of unbranched alkanes of at least 4 members (excludes halogenated alkanes) is 8. The number of hydrogen-bond donors (Lipinski definition) is 2. The number of nitriles is 1. The lowest BCUT2D eigenvalue weighted by molar-refractivity contribution is 0.316. The van der Waals surface area contributed by atoms with E-state index in [1.54, 1.807) is 0 Å². The third-order valence-electron chi connectivity index (χ3n) is 5.96. The van der Waals surface area contributed by atoms with Crippen LogP contribution in [0.3, 0.4) is 0 Å². The molecule has 0 atom stereocenters. The van der Waals surface area contributed by atoms with E-state index in [9.17, 15) is 5.26 Å². The van der Waals surface area contributed by atoms with Crippen LogP contribution < -0.4 is 4.74 Å². The molecule has 0 radical (unpaired) electrons. The first-order valence-corrected chi connectivity index (χ1v) is 12.7. The zero-order chi connectivity index (χ0) is 23.3. The summed E-state index contributed by atoms with van der Waals surface area (Å²) < 4.78 is 5.97. The number of nitrogens with zero attached hydrogens (tertiary/aromatic N) is 2. The molecule has 5 heteroatoms. The average molecular weight is 447 g/mol. The summed E-state index contributed by atoms with van der Waals surface area (Å²) in [6.07, 6.45) is 21.9. The molecular formula is C28H38N4O. The number of aromatic nitrogens is 2. The fourth-order valence-electron chi connectivity index (χ4n) is 4.16. The Balaban J connectivity index is 1.59. The molecule has 176 valence electrons. The van der Waals surface area contributed by atoms with Gasteiger partial charge >= 0.3 is 0 Å². The summed E-state index contributed by atoms with van der Waals surface area (Å²) in [5.41, 5.74) is 4.97. The summed E-state index contributed by atoms with van der Waals surface area (Å²) in [7, 11) is 0. The highest BCUT2D eigenvalue weighted by atomic mass is 16.5. The van der Waals surface area contributed by atoms with Gasteiger partial charge in [-0.2, -0.15) is 5.26 Å². The van der Waals surface area contributed by atoms with Crippen LogP contribution in [0.1, 0.15) is 95.7 Å². The maximum absolute atomic E-state index is 9.80. The molecule has 0 bridgehead atoms. The topological polar surface area (TPSA) is 77.0 Å². The van der Waals surface area contributed by atoms with Gasteiger partial charge in [0.1, 0.15) is 11.6 Å². The Kier molecular flexibility index (Phi) is 10.1. The first-order valence-electron chi connectivity index (χ1n) is 12.7. The number of hydrogen-bond acceptors (Lipinski definition) is 3. The Bertz CT molecular complexity index is 986. The lowest BCUT2D eigenvalue weighted by Gasteiger charge is -2.04. The molecule has 2 aromatic rings. The molecule has 33 heavy (non-hydrogen) atoms. The highest BCUT2D eigenvalue weighted by Crippen LogP contribution is 2.35. The summed E-state index contributed by atoms with van der Waals surface area (Å²) in [6, 6.07) is 6.18. The summed E-state index contributed by atoms with van der Waals surface area (Å²) >= 11 is 0. The molecule has 0 fully saturated rings. The van der Waals surface area contributed by atoms with Gasteiger partial charge in [0.2, 0.25) is 0 Å². The van der Waals surface area contributed by atoms with Crippen molar-refractivity contribution in [2.45, 2.75) is 84.5 Å². The quantitative estimate of drug-likeness (QED) is 0.272. The van der Waals surface area contributed by atoms with Crippen LogP contribution in [0.15, 0.2) is 41.2 Å². The van der Waals surface area contributed by atoms with Gasteiger partial charge in [-0.1, -0.05) is 65.2 Å². The van der Waals surface area contributed by atoms with E-state index in [-0.39, 0.29) is 0 Å². The van der Waals surface area contributed by atoms with Gasteiger partial charge < -0.3 is 14.7 Å². The van der Waals surface area contributed by atoms with Gasteiger partial charge in [0.15, 0.2) is 5.75 Å². The predicted octanol–water partition coefficient (Wildman–Crippen LogP) is 7.94. The zero-order valence-electron chi connectivity index (χ0n) is 20.3. The van der Waals surface area contributed by atoms with E-state index in [1.165, 1.54) is 57.8 Å². The summed E-state index contributed by atoms with van der Waals surface area (Å²) in [6.45, 7) is 4.89. The van der Waals surface area contributed by atoms with Crippen LogP contribution >= 0.6 is 0 Å². The second kappa shape index (κ2) is 13.5. The molecule has 0 spiro atoms. The van der Waals surface area contributed by atoms with Crippen LogP contribution in [0.2, 0.25) is 0 Å². The fourth-order valence-corrected chi connectivity index (χ4v) is 4.16. The van der Waals surface area contributed by atoms with Gasteiger partial charge in [0.05, 0.1) is 29.4 Å². The van der Waals surface area contributed by atoms with Crippen molar-refractivity contribution in [3.63, 3.8) is 0 Å². The van der Waals surface area contributed by atoms with Crippen molar-refractivity contribution in [1.82, 2.24) is 9.97 Å². The Morgan fingerprint density at radius 1 is 1.00 bits per heavy atom. The summed E-state index contributed by atoms with van der Waals surface area (Å²) in [4.78, 5) is 11.4. The third-order valence-corrected chi connectivity index (χ3v) is 5.96. The minimum absolute atomic E-state index is 0.527. The first-order chi connectivity index (χ1) is 16.3. The second-order valence-corrected chi connectivity index (χ2v) is 8.75. The molecule has 0 amide bonds. The van der Waals surface area contributed by atoms with Gasteiger partial charge in [0.25, 0.3) is 0 Å². The minimum Gasteiger partial charge on any atom is -0.490 e. The second-order valence-electron chi connectivity index (χ2n) is 8.75. The molecule has 0 saturated heterocycles. The maximum Gasteiger partial charge on any atom is 0.162 e. The van der Waals surface area contributed by atoms with E-state index in [2.05, 4.69) is 36.0 Å². The average Bonchev–Trinajstić information content (AvgIpc) is 3.57. The molecule has 0 aliphatic carbocycles. The van der Waals surface area contributed by atoms with Gasteiger partial charge in [-0.3, -0.25) is 4.99 Å². The van der Waals surface area contributed by atoms with E-state index in [0.29, 0.717) is 17.9 Å². The lowest BCUT2D eigenvalue weighted by atomic mass is 10.1. The van der Waals surface area contributed by atoms with Gasteiger partial charge in [-0.05, 0) is 49.6 Å². The largest absolute Gasteiger partial charge is 0.490 e. The Labute approximate surface area is 198 Å². The minimum atomic E-state index is 0.527. The van der Waals surface area contributed by atoms with Crippen molar-refractivity contribution < 1.29 is 4.74 Å². The molecule has 3 rings (SSSR count). The van der Waals surface area contributed by atoms with Crippen LogP contribution in [0, 0.1) is 11.3 Å². The number of aliphatic imine (C=N–C) groups is 1. The fraction of sp³-hybridized carbons (Fsp3) is 0.500. The zero-order valence-corrected chi connectivity index (χ0v) is 20.3. The van der Waals surface area contributed by atoms with Crippen molar-refractivity contribution in [1.29, 1.82) is 5.26 Å². The SMILES string of the molecule is CCCCCCCCCCCC1=N/C(=C/c2[nH]c(-c3ccc[nH]3)c(C#N)c2OCCC)C=C1. The lowest BCUT2D eigenvalue weighted by Crippen LogP contribution is -1.97. The number of allylic oxidation sites excluding steroid dienone is 2. The first kappa shape index (κ1) is 24.6. The van der Waals surface area contributed by atoms with Gasteiger partial charge in [-0.15, -0.1) is 0 Å². The van der Waals surface area contributed by atoms with Crippen LogP contribution in [0.5, 0.6) is 5.75 Å². The van der Waals surface area contributed by atoms with Crippen molar-refractivity contribution in [3.8, 4) is 23.2 Å². The third kappa shape index (κ3) is 7.25. The summed E-state index contributed by atoms with van der Waals surface area (Å²) in [5.74, 6) is 0.604. The van der Waals surface area contributed by atoms with Crippen LogP contribution in [0.4, 0.5) is 0 Å². The smallest absolute Gasteiger partial charge is 0.162 e. The standard InChI is InChI=1S/C28H38N4O/c1-3-5-6-7-8-9-10-11-12-14-22-16-17-23(31-22)20-26-28(33-19-4-2)24(21-29)27(32-26)25-15-13-18-30-25/h13,15-18,20,30,32H,3-12,14,19H2,1-2H3/b23-20+. The number of H-pyrrole nitrogens is 2. The molecule has 1 aliphatic rings. The molecule has 0 unspecified atom stereocenters. The van der Waals surface area contributed by atoms with Crippen LogP contribution in [-0.2, 0) is 0 Å². The Morgan fingerprint density at radius 2 is 1.76 bits per heavy atom. The van der Waals surface area contributed by atoms with Crippen LogP contribution in [-0.4, -0.2) is 22.3 Å². The number of nitrogens with one attached hydrogen (secondary N) is 2. The Hall–Kier alpha value is -3.00. The predicted molar refractivity (Wildman–Crippen MR) is 137 cm³/mol. The Morgan fingerprint density at radius 3 is 2.42 bits per heavy atom. The van der Waals surface area contributed by atoms with E-state index in [4.69, 9.17) is 9.73 Å². The van der Waals surface area contributed by atoms with Crippen molar-refractivity contribution >= 4 is 11.8 Å². The van der Waals surface area contributed by atoms with E-state index < -0.39 is 0 Å². The number of aromatic amines is 2. The van der Waals surface area contributed by atoms with Gasteiger partial charge in [-0.25, -0.2) is 0 Å². The molecule has 2 aromatic heterocycles. The molecule has 2 N–H and O–H groups in total. The van der Waals surface area contributed by atoms with Gasteiger partial charge in [0, 0.05) is 11.9 Å². The number of ether oxygens (including phenoxy) is 1. The van der Waals surface area contributed by atoms with Crippen molar-refractivity contribution in [3.05, 3.63) is 47.4 Å². The maximum atomic E-state index is 9.80. The molecule has 5 nitrogen and oxygen atoms in total. The van der Waals surface area contributed by atoms with E-state index in [0.717, 1.165) is 41.3 Å².